The third-order valence-electron chi connectivity index (χ3n) is 2.56. The predicted octanol–water partition coefficient (Wildman–Crippen LogP) is 4.30. The molecule has 0 saturated carbocycles. The van der Waals surface area contributed by atoms with Crippen LogP contribution < -0.4 is 4.18 Å². The van der Waals surface area contributed by atoms with Gasteiger partial charge < -0.3 is 4.18 Å². The molecule has 98 valence electrons. The molecule has 0 unspecified atom stereocenters. The molecule has 0 aliphatic rings. The molecular formula is C14H13NO3S. The van der Waals surface area contributed by atoms with E-state index >= 15 is 0 Å². The third-order valence-corrected chi connectivity index (χ3v) is 3.28. The van der Waals surface area contributed by atoms with Gasteiger partial charge in [-0.05, 0) is 31.5 Å². The van der Waals surface area contributed by atoms with Crippen molar-refractivity contribution in [3.8, 4) is 5.75 Å². The molecule has 2 aromatic carbocycles. The molecule has 5 heteroatoms. The van der Waals surface area contributed by atoms with E-state index < -0.39 is 4.92 Å². The summed E-state index contributed by atoms with van der Waals surface area (Å²) >= 11 is 1.12. The highest BCUT2D eigenvalue weighted by molar-refractivity contribution is 7.95. The summed E-state index contributed by atoms with van der Waals surface area (Å²) in [7, 11) is 0. The number of hydrogen-bond donors (Lipinski definition) is 0. The molecule has 0 aliphatic carbocycles. The maximum absolute atomic E-state index is 11.1. The van der Waals surface area contributed by atoms with Gasteiger partial charge in [0, 0.05) is 16.5 Å². The van der Waals surface area contributed by atoms with E-state index in [1.54, 1.807) is 6.92 Å². The molecular weight excluding hydrogens is 262 g/mol. The van der Waals surface area contributed by atoms with Gasteiger partial charge in [-0.2, -0.15) is 0 Å². The van der Waals surface area contributed by atoms with Gasteiger partial charge in [0.2, 0.25) is 5.75 Å². The van der Waals surface area contributed by atoms with Crippen molar-refractivity contribution in [1.29, 1.82) is 0 Å². The maximum Gasteiger partial charge on any atom is 0.313 e. The standard InChI is InChI=1S/C14H13NO3S/c1-10-8-11(2)14(13(9-10)15(16)17)18-19-12-6-4-3-5-7-12/h3-9H,1-2H3. The average molecular weight is 275 g/mol. The summed E-state index contributed by atoms with van der Waals surface area (Å²) in [4.78, 5) is 11.5. The molecule has 0 atom stereocenters. The molecule has 0 fully saturated rings. The molecule has 19 heavy (non-hydrogen) atoms. The first-order valence-corrected chi connectivity index (χ1v) is 6.47. The van der Waals surface area contributed by atoms with Gasteiger partial charge in [-0.15, -0.1) is 0 Å². The van der Waals surface area contributed by atoms with Gasteiger partial charge in [0.15, 0.2) is 0 Å². The topological polar surface area (TPSA) is 52.4 Å². The van der Waals surface area contributed by atoms with Gasteiger partial charge in [0.25, 0.3) is 0 Å². The number of rotatable bonds is 4. The first-order valence-electron chi connectivity index (χ1n) is 5.73. The normalized spacial score (nSPS) is 10.2. The van der Waals surface area contributed by atoms with E-state index in [1.165, 1.54) is 6.07 Å². The Bertz CT molecular complexity index is 599. The Morgan fingerprint density at radius 2 is 1.84 bits per heavy atom. The Balaban J connectivity index is 2.27. The second-order valence-corrected chi connectivity index (χ2v) is 4.97. The van der Waals surface area contributed by atoms with E-state index in [9.17, 15) is 10.1 Å². The van der Waals surface area contributed by atoms with E-state index in [4.69, 9.17) is 4.18 Å². The predicted molar refractivity (Wildman–Crippen MR) is 75.5 cm³/mol. The zero-order valence-electron chi connectivity index (χ0n) is 10.6. The van der Waals surface area contributed by atoms with Crippen LogP contribution in [-0.2, 0) is 0 Å². The fourth-order valence-electron chi connectivity index (χ4n) is 1.74. The van der Waals surface area contributed by atoms with Crippen LogP contribution in [0.4, 0.5) is 5.69 Å². The molecule has 0 aromatic heterocycles. The summed E-state index contributed by atoms with van der Waals surface area (Å²) in [6.07, 6.45) is 0. The van der Waals surface area contributed by atoms with Crippen LogP contribution in [0.5, 0.6) is 5.75 Å². The minimum atomic E-state index is -0.416. The van der Waals surface area contributed by atoms with Gasteiger partial charge in [0.1, 0.15) is 0 Å². The highest BCUT2D eigenvalue weighted by Gasteiger charge is 2.19. The SMILES string of the molecule is Cc1cc(C)c(OSc2ccccc2)c([N+](=O)[O-])c1. The molecule has 0 saturated heterocycles. The molecule has 0 heterocycles. The number of benzene rings is 2. The highest BCUT2D eigenvalue weighted by atomic mass is 32.2. The summed E-state index contributed by atoms with van der Waals surface area (Å²) in [6, 6.07) is 12.9. The molecule has 2 aromatic rings. The van der Waals surface area contributed by atoms with Crippen molar-refractivity contribution < 1.29 is 9.11 Å². The van der Waals surface area contributed by atoms with E-state index in [1.807, 2.05) is 43.3 Å². The van der Waals surface area contributed by atoms with Gasteiger partial charge in [0.05, 0.1) is 17.0 Å². The lowest BCUT2D eigenvalue weighted by Gasteiger charge is -2.08. The van der Waals surface area contributed by atoms with E-state index in [0.29, 0.717) is 5.75 Å². The van der Waals surface area contributed by atoms with Crippen molar-refractivity contribution in [2.75, 3.05) is 0 Å². The van der Waals surface area contributed by atoms with Crippen LogP contribution in [0.3, 0.4) is 0 Å². The van der Waals surface area contributed by atoms with Gasteiger partial charge in [-0.1, -0.05) is 24.3 Å². The highest BCUT2D eigenvalue weighted by Crippen LogP contribution is 2.35. The number of hydrogen-bond acceptors (Lipinski definition) is 4. The molecule has 0 spiro atoms. The number of nitro benzene ring substituents is 1. The average Bonchev–Trinajstić information content (AvgIpc) is 2.38. The van der Waals surface area contributed by atoms with Crippen molar-refractivity contribution in [3.05, 3.63) is 63.7 Å². The van der Waals surface area contributed by atoms with Crippen LogP contribution in [0.2, 0.25) is 0 Å². The van der Waals surface area contributed by atoms with Crippen LogP contribution in [0, 0.1) is 24.0 Å². The Morgan fingerprint density at radius 1 is 1.16 bits per heavy atom. The maximum atomic E-state index is 11.1. The second kappa shape index (κ2) is 5.75. The first kappa shape index (κ1) is 13.4. The van der Waals surface area contributed by atoms with Crippen molar-refractivity contribution in [2.45, 2.75) is 18.7 Å². The number of nitrogens with zero attached hydrogens (tertiary/aromatic N) is 1. The fourth-order valence-corrected chi connectivity index (χ4v) is 2.41. The summed E-state index contributed by atoms with van der Waals surface area (Å²) in [5, 5.41) is 11.1. The van der Waals surface area contributed by atoms with E-state index in [0.717, 1.165) is 28.1 Å². The van der Waals surface area contributed by atoms with Gasteiger partial charge in [-0.25, -0.2) is 0 Å². The lowest BCUT2D eigenvalue weighted by atomic mass is 10.1. The fraction of sp³-hybridized carbons (Fsp3) is 0.143. The Kier molecular flexibility index (Phi) is 4.06. The number of nitro groups is 1. The molecule has 4 nitrogen and oxygen atoms in total. The quantitative estimate of drug-likeness (QED) is 0.474. The summed E-state index contributed by atoms with van der Waals surface area (Å²) in [5.74, 6) is 0.310. The minimum Gasteiger partial charge on any atom is -0.413 e. The van der Waals surface area contributed by atoms with Crippen LogP contribution in [0.15, 0.2) is 47.4 Å². The largest absolute Gasteiger partial charge is 0.413 e. The van der Waals surface area contributed by atoms with Crippen molar-refractivity contribution in [2.24, 2.45) is 0 Å². The van der Waals surface area contributed by atoms with Crippen molar-refractivity contribution in [3.63, 3.8) is 0 Å². The molecule has 0 amide bonds. The van der Waals surface area contributed by atoms with Crippen LogP contribution in [-0.4, -0.2) is 4.92 Å². The Labute approximate surface area is 115 Å². The molecule has 0 N–H and O–H groups in total. The Hall–Kier alpha value is -2.01. The van der Waals surface area contributed by atoms with Crippen molar-refractivity contribution in [1.82, 2.24) is 0 Å². The summed E-state index contributed by atoms with van der Waals surface area (Å²) in [5.41, 5.74) is 1.61. The summed E-state index contributed by atoms with van der Waals surface area (Å²) < 4.78 is 5.55. The number of aryl methyl sites for hydroxylation is 2. The zero-order valence-corrected chi connectivity index (χ0v) is 11.4. The third kappa shape index (κ3) is 3.26. The molecule has 0 aliphatic heterocycles. The zero-order chi connectivity index (χ0) is 13.8. The van der Waals surface area contributed by atoms with Gasteiger partial charge in [-0.3, -0.25) is 10.1 Å². The first-order chi connectivity index (χ1) is 9.08. The molecule has 2 rings (SSSR count). The monoisotopic (exact) mass is 275 g/mol. The van der Waals surface area contributed by atoms with E-state index in [2.05, 4.69) is 0 Å². The lowest BCUT2D eigenvalue weighted by Crippen LogP contribution is -1.96. The van der Waals surface area contributed by atoms with E-state index in [-0.39, 0.29) is 5.69 Å². The minimum absolute atomic E-state index is 0.000862. The smallest absolute Gasteiger partial charge is 0.313 e. The second-order valence-electron chi connectivity index (χ2n) is 4.17. The molecule has 0 bridgehead atoms. The molecule has 0 radical (unpaired) electrons. The van der Waals surface area contributed by atoms with Crippen LogP contribution >= 0.6 is 12.0 Å². The lowest BCUT2D eigenvalue weighted by molar-refractivity contribution is -0.385. The van der Waals surface area contributed by atoms with Gasteiger partial charge >= 0.3 is 5.69 Å². The Morgan fingerprint density at radius 3 is 2.47 bits per heavy atom. The summed E-state index contributed by atoms with van der Waals surface area (Å²) in [6.45, 7) is 3.63. The van der Waals surface area contributed by atoms with Crippen molar-refractivity contribution >= 4 is 17.7 Å². The van der Waals surface area contributed by atoms with Crippen LogP contribution in [0.1, 0.15) is 11.1 Å². The van der Waals surface area contributed by atoms with Crippen LogP contribution in [0.25, 0.3) is 0 Å².